The van der Waals surface area contributed by atoms with Gasteiger partial charge in [0.15, 0.2) is 0 Å². The molecular weight excluding hydrogens is 190 g/mol. The Hall–Kier alpha value is 0.310. The second kappa shape index (κ2) is 7.58. The normalized spacial score (nSPS) is 27.9. The Morgan fingerprint density at radius 2 is 1.93 bits per heavy atom. The van der Waals surface area contributed by atoms with Crippen LogP contribution < -0.4 is 5.32 Å². The molecule has 1 rings (SSSR count). The van der Waals surface area contributed by atoms with Gasteiger partial charge in [0, 0.05) is 6.04 Å². The Morgan fingerprint density at radius 1 is 1.21 bits per heavy atom. The average molecular weight is 215 g/mol. The third kappa shape index (κ3) is 5.26. The zero-order valence-electron chi connectivity index (χ0n) is 9.72. The van der Waals surface area contributed by atoms with Crippen LogP contribution in [-0.2, 0) is 0 Å². The maximum absolute atomic E-state index is 3.69. The Balaban J connectivity index is 1.91. The minimum absolute atomic E-state index is 0.831. The third-order valence-electron chi connectivity index (χ3n) is 3.12. The minimum atomic E-state index is 0.831. The zero-order valence-corrected chi connectivity index (χ0v) is 10.5. The van der Waals surface area contributed by atoms with Crippen LogP contribution in [0, 0.1) is 5.92 Å². The van der Waals surface area contributed by atoms with Crippen molar-refractivity contribution in [2.75, 3.05) is 18.1 Å². The van der Waals surface area contributed by atoms with E-state index < -0.39 is 0 Å². The van der Waals surface area contributed by atoms with Gasteiger partial charge in [-0.3, -0.25) is 0 Å². The van der Waals surface area contributed by atoms with Crippen LogP contribution in [-0.4, -0.2) is 24.1 Å². The second-order valence-electron chi connectivity index (χ2n) is 4.46. The van der Waals surface area contributed by atoms with Gasteiger partial charge in [-0.2, -0.15) is 11.8 Å². The van der Waals surface area contributed by atoms with Gasteiger partial charge in [0.2, 0.25) is 0 Å². The first-order chi connectivity index (χ1) is 6.83. The first-order valence-electron chi connectivity index (χ1n) is 6.14. The first kappa shape index (κ1) is 12.4. The third-order valence-corrected chi connectivity index (χ3v) is 4.10. The van der Waals surface area contributed by atoms with Crippen molar-refractivity contribution in [3.63, 3.8) is 0 Å². The molecule has 1 aliphatic carbocycles. The van der Waals surface area contributed by atoms with Crippen LogP contribution in [0.5, 0.6) is 0 Å². The standard InChI is InChI=1S/C12H25NS/c1-3-14-10-4-9-13-12-7-5-11(2)6-8-12/h11-13H,3-10H2,1-2H3. The lowest BCUT2D eigenvalue weighted by Crippen LogP contribution is -2.33. The summed E-state index contributed by atoms with van der Waals surface area (Å²) in [6.07, 6.45) is 7.01. The predicted octanol–water partition coefficient (Wildman–Crippen LogP) is 3.30. The van der Waals surface area contributed by atoms with E-state index in [2.05, 4.69) is 30.9 Å². The lowest BCUT2D eigenvalue weighted by atomic mass is 9.87. The van der Waals surface area contributed by atoms with Crippen molar-refractivity contribution in [2.45, 2.75) is 52.0 Å². The molecule has 1 fully saturated rings. The van der Waals surface area contributed by atoms with Crippen LogP contribution in [0.25, 0.3) is 0 Å². The van der Waals surface area contributed by atoms with E-state index >= 15 is 0 Å². The second-order valence-corrected chi connectivity index (χ2v) is 5.86. The fourth-order valence-electron chi connectivity index (χ4n) is 2.09. The van der Waals surface area contributed by atoms with E-state index in [1.54, 1.807) is 0 Å². The molecule has 1 N–H and O–H groups in total. The van der Waals surface area contributed by atoms with E-state index in [-0.39, 0.29) is 0 Å². The summed E-state index contributed by atoms with van der Waals surface area (Å²) in [7, 11) is 0. The van der Waals surface area contributed by atoms with E-state index in [4.69, 9.17) is 0 Å². The number of thioether (sulfide) groups is 1. The number of rotatable bonds is 6. The highest BCUT2D eigenvalue weighted by atomic mass is 32.2. The van der Waals surface area contributed by atoms with Gasteiger partial charge in [-0.1, -0.05) is 13.8 Å². The van der Waals surface area contributed by atoms with Crippen molar-refractivity contribution in [1.29, 1.82) is 0 Å². The lowest BCUT2D eigenvalue weighted by molar-refractivity contribution is 0.308. The molecule has 0 aromatic rings. The Kier molecular flexibility index (Phi) is 6.70. The zero-order chi connectivity index (χ0) is 10.2. The quantitative estimate of drug-likeness (QED) is 0.682. The van der Waals surface area contributed by atoms with Gasteiger partial charge < -0.3 is 5.32 Å². The SMILES string of the molecule is CCSCCCNC1CCC(C)CC1. The molecule has 0 amide bonds. The molecule has 0 atom stereocenters. The maximum Gasteiger partial charge on any atom is 0.00672 e. The monoisotopic (exact) mass is 215 g/mol. The summed E-state index contributed by atoms with van der Waals surface area (Å²) in [6.45, 7) is 5.85. The Bertz CT molecular complexity index is 130. The molecule has 0 unspecified atom stereocenters. The van der Waals surface area contributed by atoms with E-state index in [1.807, 2.05) is 0 Å². The van der Waals surface area contributed by atoms with Gasteiger partial charge in [0.25, 0.3) is 0 Å². The molecule has 2 heteroatoms. The summed E-state index contributed by atoms with van der Waals surface area (Å²) in [5.41, 5.74) is 0. The molecule has 14 heavy (non-hydrogen) atoms. The van der Waals surface area contributed by atoms with Crippen LogP contribution in [0.1, 0.15) is 46.0 Å². The summed E-state index contributed by atoms with van der Waals surface area (Å²) in [6, 6.07) is 0.831. The van der Waals surface area contributed by atoms with Crippen LogP contribution in [0.2, 0.25) is 0 Å². The van der Waals surface area contributed by atoms with E-state index in [0.717, 1.165) is 12.0 Å². The van der Waals surface area contributed by atoms with Crippen LogP contribution >= 0.6 is 11.8 Å². The summed E-state index contributed by atoms with van der Waals surface area (Å²) >= 11 is 2.06. The van der Waals surface area contributed by atoms with Gasteiger partial charge >= 0.3 is 0 Å². The van der Waals surface area contributed by atoms with Gasteiger partial charge in [0.05, 0.1) is 0 Å². The summed E-state index contributed by atoms with van der Waals surface area (Å²) in [5, 5.41) is 3.69. The van der Waals surface area contributed by atoms with Crippen LogP contribution in [0.3, 0.4) is 0 Å². The van der Waals surface area contributed by atoms with Crippen LogP contribution in [0.15, 0.2) is 0 Å². The molecule has 1 aliphatic rings. The van der Waals surface area contributed by atoms with Crippen LogP contribution in [0.4, 0.5) is 0 Å². The van der Waals surface area contributed by atoms with Crippen molar-refractivity contribution in [3.8, 4) is 0 Å². The predicted molar refractivity (Wildman–Crippen MR) is 67.0 cm³/mol. The van der Waals surface area contributed by atoms with E-state index in [1.165, 1.54) is 50.2 Å². The lowest BCUT2D eigenvalue weighted by Gasteiger charge is -2.27. The fourth-order valence-corrected chi connectivity index (χ4v) is 2.73. The molecule has 0 aromatic heterocycles. The van der Waals surface area contributed by atoms with Gasteiger partial charge in [0.1, 0.15) is 0 Å². The number of hydrogen-bond donors (Lipinski definition) is 1. The number of nitrogens with one attached hydrogen (secondary N) is 1. The molecule has 1 nitrogen and oxygen atoms in total. The van der Waals surface area contributed by atoms with Crippen molar-refractivity contribution in [2.24, 2.45) is 5.92 Å². The maximum atomic E-state index is 3.69. The molecule has 0 heterocycles. The molecule has 0 radical (unpaired) electrons. The summed E-state index contributed by atoms with van der Waals surface area (Å²) in [5.74, 6) is 3.57. The number of hydrogen-bond acceptors (Lipinski definition) is 2. The molecule has 0 bridgehead atoms. The molecule has 0 aliphatic heterocycles. The Morgan fingerprint density at radius 3 is 2.57 bits per heavy atom. The van der Waals surface area contributed by atoms with Gasteiger partial charge in [-0.05, 0) is 56.1 Å². The van der Waals surface area contributed by atoms with E-state index in [0.29, 0.717) is 0 Å². The molecule has 84 valence electrons. The van der Waals surface area contributed by atoms with Crippen molar-refractivity contribution < 1.29 is 0 Å². The highest BCUT2D eigenvalue weighted by molar-refractivity contribution is 7.99. The molecular formula is C12H25NS. The Labute approximate surface area is 93.4 Å². The first-order valence-corrected chi connectivity index (χ1v) is 7.29. The van der Waals surface area contributed by atoms with Crippen molar-refractivity contribution >= 4 is 11.8 Å². The smallest absolute Gasteiger partial charge is 0.00672 e. The van der Waals surface area contributed by atoms with Crippen molar-refractivity contribution in [1.82, 2.24) is 5.32 Å². The van der Waals surface area contributed by atoms with Gasteiger partial charge in [-0.15, -0.1) is 0 Å². The summed E-state index contributed by atoms with van der Waals surface area (Å²) in [4.78, 5) is 0. The fraction of sp³-hybridized carbons (Fsp3) is 1.00. The molecule has 1 saturated carbocycles. The molecule has 0 saturated heterocycles. The van der Waals surface area contributed by atoms with E-state index in [9.17, 15) is 0 Å². The van der Waals surface area contributed by atoms with Crippen molar-refractivity contribution in [3.05, 3.63) is 0 Å². The molecule has 0 aromatic carbocycles. The average Bonchev–Trinajstić information content (AvgIpc) is 2.21. The molecule has 0 spiro atoms. The minimum Gasteiger partial charge on any atom is -0.314 e. The van der Waals surface area contributed by atoms with Gasteiger partial charge in [-0.25, -0.2) is 0 Å². The summed E-state index contributed by atoms with van der Waals surface area (Å²) < 4.78 is 0. The highest BCUT2D eigenvalue weighted by Gasteiger charge is 2.16. The topological polar surface area (TPSA) is 12.0 Å². The largest absolute Gasteiger partial charge is 0.314 e. The highest BCUT2D eigenvalue weighted by Crippen LogP contribution is 2.23.